The molecule has 18 heavy (non-hydrogen) atoms. The number of esters is 2. The minimum atomic E-state index is -1.59. The van der Waals surface area contributed by atoms with E-state index in [1.807, 2.05) is 0 Å². The van der Waals surface area contributed by atoms with E-state index in [1.165, 1.54) is 6.92 Å². The summed E-state index contributed by atoms with van der Waals surface area (Å²) in [7, 11) is 0. The predicted octanol–water partition coefficient (Wildman–Crippen LogP) is 0.395. The van der Waals surface area contributed by atoms with Gasteiger partial charge in [-0.2, -0.15) is 0 Å². The molecule has 6 nitrogen and oxygen atoms in total. The van der Waals surface area contributed by atoms with Crippen LogP contribution in [0, 0.1) is 0 Å². The second-order valence-corrected chi connectivity index (χ2v) is 4.15. The smallest absolute Gasteiger partial charge is 0.337 e. The van der Waals surface area contributed by atoms with Crippen LogP contribution in [0.4, 0.5) is 0 Å². The molecule has 0 saturated carbocycles. The predicted molar refractivity (Wildman–Crippen MR) is 63.7 cm³/mol. The van der Waals surface area contributed by atoms with Crippen LogP contribution in [-0.2, 0) is 19.1 Å². The second kappa shape index (κ2) is 8.05. The molecule has 0 amide bonds. The van der Waals surface area contributed by atoms with E-state index in [1.54, 1.807) is 13.8 Å². The SMILES string of the molecule is CCOC(=O)[C@@H](O)CCC[C@@](C)(O)C(=O)OCC. The Morgan fingerprint density at radius 1 is 1.22 bits per heavy atom. The summed E-state index contributed by atoms with van der Waals surface area (Å²) in [5, 5.41) is 19.2. The zero-order chi connectivity index (χ0) is 14.2. The van der Waals surface area contributed by atoms with Gasteiger partial charge >= 0.3 is 11.9 Å². The third-order valence-electron chi connectivity index (χ3n) is 2.41. The summed E-state index contributed by atoms with van der Waals surface area (Å²) in [4.78, 5) is 22.5. The van der Waals surface area contributed by atoms with Gasteiger partial charge in [0.15, 0.2) is 11.7 Å². The Morgan fingerprint density at radius 3 is 2.28 bits per heavy atom. The van der Waals surface area contributed by atoms with Crippen LogP contribution >= 0.6 is 0 Å². The van der Waals surface area contributed by atoms with Gasteiger partial charge in [0.1, 0.15) is 0 Å². The summed E-state index contributed by atoms with van der Waals surface area (Å²) >= 11 is 0. The summed E-state index contributed by atoms with van der Waals surface area (Å²) in [6.07, 6.45) is -0.661. The fourth-order valence-electron chi connectivity index (χ4n) is 1.38. The third-order valence-corrected chi connectivity index (χ3v) is 2.41. The Labute approximate surface area is 107 Å². The Hall–Kier alpha value is -1.14. The molecule has 2 N–H and O–H groups in total. The number of ether oxygens (including phenoxy) is 2. The number of hydrogen-bond acceptors (Lipinski definition) is 6. The van der Waals surface area contributed by atoms with Crippen LogP contribution in [0.5, 0.6) is 0 Å². The molecule has 0 saturated heterocycles. The van der Waals surface area contributed by atoms with Crippen molar-refractivity contribution in [3.63, 3.8) is 0 Å². The molecule has 0 bridgehead atoms. The number of aliphatic hydroxyl groups excluding tert-OH is 1. The van der Waals surface area contributed by atoms with Crippen LogP contribution in [0.1, 0.15) is 40.0 Å². The molecule has 0 unspecified atom stereocenters. The highest BCUT2D eigenvalue weighted by Crippen LogP contribution is 2.16. The largest absolute Gasteiger partial charge is 0.464 e. The zero-order valence-electron chi connectivity index (χ0n) is 11.1. The standard InChI is InChI=1S/C12H22O6/c1-4-17-10(14)9(13)7-6-8-12(3,16)11(15)18-5-2/h9,13,16H,4-8H2,1-3H3/t9-,12+/m0/s1. The van der Waals surface area contributed by atoms with Crippen molar-refractivity contribution in [3.8, 4) is 0 Å². The van der Waals surface area contributed by atoms with Gasteiger partial charge in [-0.3, -0.25) is 0 Å². The molecule has 6 heteroatoms. The van der Waals surface area contributed by atoms with E-state index in [4.69, 9.17) is 4.74 Å². The van der Waals surface area contributed by atoms with Gasteiger partial charge in [0.25, 0.3) is 0 Å². The van der Waals surface area contributed by atoms with E-state index >= 15 is 0 Å². The van der Waals surface area contributed by atoms with Gasteiger partial charge in [0.2, 0.25) is 0 Å². The average molecular weight is 262 g/mol. The number of carbonyl (C=O) groups excluding carboxylic acids is 2. The summed E-state index contributed by atoms with van der Waals surface area (Å²) in [5.74, 6) is -1.39. The molecular weight excluding hydrogens is 240 g/mol. The van der Waals surface area contributed by atoms with E-state index < -0.39 is 23.6 Å². The lowest BCUT2D eigenvalue weighted by Gasteiger charge is -2.21. The maximum atomic E-state index is 11.4. The van der Waals surface area contributed by atoms with Crippen molar-refractivity contribution in [2.24, 2.45) is 0 Å². The first-order valence-electron chi connectivity index (χ1n) is 6.09. The van der Waals surface area contributed by atoms with Crippen molar-refractivity contribution in [1.29, 1.82) is 0 Å². The topological polar surface area (TPSA) is 93.1 Å². The van der Waals surface area contributed by atoms with E-state index in [9.17, 15) is 19.8 Å². The fourth-order valence-corrected chi connectivity index (χ4v) is 1.38. The number of rotatable bonds is 8. The lowest BCUT2D eigenvalue weighted by atomic mass is 9.98. The average Bonchev–Trinajstić information content (AvgIpc) is 2.29. The number of hydrogen-bond donors (Lipinski definition) is 2. The van der Waals surface area contributed by atoms with E-state index in [2.05, 4.69) is 4.74 Å². The van der Waals surface area contributed by atoms with Crippen molar-refractivity contribution >= 4 is 11.9 Å². The van der Waals surface area contributed by atoms with Crippen LogP contribution in [0.15, 0.2) is 0 Å². The summed E-state index contributed by atoms with van der Waals surface area (Å²) < 4.78 is 9.34. The molecular formula is C12H22O6. The Kier molecular flexibility index (Phi) is 7.54. The van der Waals surface area contributed by atoms with Crippen molar-refractivity contribution in [2.75, 3.05) is 13.2 Å². The van der Waals surface area contributed by atoms with Gasteiger partial charge in [-0.25, -0.2) is 9.59 Å². The molecule has 0 spiro atoms. The van der Waals surface area contributed by atoms with E-state index in [-0.39, 0.29) is 26.1 Å². The van der Waals surface area contributed by atoms with Crippen LogP contribution in [0.3, 0.4) is 0 Å². The molecule has 0 aromatic heterocycles. The number of aliphatic hydroxyl groups is 2. The maximum absolute atomic E-state index is 11.4. The monoisotopic (exact) mass is 262 g/mol. The summed E-state index contributed by atoms with van der Waals surface area (Å²) in [6.45, 7) is 5.05. The molecule has 0 aliphatic rings. The first kappa shape index (κ1) is 16.9. The molecule has 2 atom stereocenters. The van der Waals surface area contributed by atoms with Crippen molar-refractivity contribution in [2.45, 2.75) is 51.7 Å². The maximum Gasteiger partial charge on any atom is 0.337 e. The van der Waals surface area contributed by atoms with Gasteiger partial charge in [0.05, 0.1) is 13.2 Å². The Balaban J connectivity index is 4.02. The van der Waals surface area contributed by atoms with Crippen molar-refractivity contribution in [1.82, 2.24) is 0 Å². The van der Waals surface area contributed by atoms with E-state index in [0.29, 0.717) is 6.42 Å². The third kappa shape index (κ3) is 5.97. The molecule has 0 heterocycles. The summed E-state index contributed by atoms with van der Waals surface area (Å²) in [5.41, 5.74) is -1.59. The van der Waals surface area contributed by atoms with Crippen LogP contribution in [-0.4, -0.2) is 47.1 Å². The van der Waals surface area contributed by atoms with Gasteiger partial charge in [-0.05, 0) is 40.0 Å². The van der Waals surface area contributed by atoms with Crippen molar-refractivity contribution in [3.05, 3.63) is 0 Å². The fraction of sp³-hybridized carbons (Fsp3) is 0.833. The molecule has 0 aromatic rings. The normalized spacial score (nSPS) is 15.6. The van der Waals surface area contributed by atoms with Gasteiger partial charge in [-0.1, -0.05) is 0 Å². The van der Waals surface area contributed by atoms with Gasteiger partial charge in [0, 0.05) is 0 Å². The van der Waals surface area contributed by atoms with Gasteiger partial charge in [-0.15, -0.1) is 0 Å². The van der Waals surface area contributed by atoms with Crippen LogP contribution in [0.25, 0.3) is 0 Å². The number of carbonyl (C=O) groups is 2. The Bertz CT molecular complexity index is 274. The van der Waals surface area contributed by atoms with Crippen LogP contribution < -0.4 is 0 Å². The Morgan fingerprint density at radius 2 is 1.78 bits per heavy atom. The highest BCUT2D eigenvalue weighted by molar-refractivity contribution is 5.78. The highest BCUT2D eigenvalue weighted by Gasteiger charge is 2.31. The molecule has 0 aliphatic carbocycles. The van der Waals surface area contributed by atoms with Crippen molar-refractivity contribution < 1.29 is 29.3 Å². The zero-order valence-corrected chi connectivity index (χ0v) is 11.1. The molecule has 0 rings (SSSR count). The summed E-state index contributed by atoms with van der Waals surface area (Å²) in [6, 6.07) is 0. The molecule has 0 aromatic carbocycles. The minimum absolute atomic E-state index is 0.113. The lowest BCUT2D eigenvalue weighted by Crippen LogP contribution is -2.37. The highest BCUT2D eigenvalue weighted by atomic mass is 16.6. The molecule has 0 aliphatic heterocycles. The van der Waals surface area contributed by atoms with Gasteiger partial charge < -0.3 is 19.7 Å². The van der Waals surface area contributed by atoms with E-state index in [0.717, 1.165) is 0 Å². The minimum Gasteiger partial charge on any atom is -0.464 e. The molecule has 0 radical (unpaired) electrons. The lowest BCUT2D eigenvalue weighted by molar-refractivity contribution is -0.164. The molecule has 0 fully saturated rings. The molecule has 106 valence electrons. The second-order valence-electron chi connectivity index (χ2n) is 4.15. The van der Waals surface area contributed by atoms with Crippen LogP contribution in [0.2, 0.25) is 0 Å². The first-order chi connectivity index (χ1) is 8.35. The first-order valence-corrected chi connectivity index (χ1v) is 6.09. The quantitative estimate of drug-likeness (QED) is 0.615.